The van der Waals surface area contributed by atoms with Crippen LogP contribution in [0, 0.1) is 6.92 Å². The van der Waals surface area contributed by atoms with Crippen molar-refractivity contribution >= 4 is 29.2 Å². The van der Waals surface area contributed by atoms with Gasteiger partial charge in [-0.3, -0.25) is 4.98 Å². The molecule has 4 rings (SSSR count). The fourth-order valence-electron chi connectivity index (χ4n) is 3.08. The third-order valence-electron chi connectivity index (χ3n) is 4.38. The summed E-state index contributed by atoms with van der Waals surface area (Å²) in [4.78, 5) is 17.8. The van der Waals surface area contributed by atoms with Crippen molar-refractivity contribution in [3.63, 3.8) is 0 Å². The van der Waals surface area contributed by atoms with Crippen LogP contribution in [-0.4, -0.2) is 26.0 Å². The van der Waals surface area contributed by atoms with Crippen LogP contribution in [0.5, 0.6) is 0 Å². The molecule has 0 spiro atoms. The minimum Gasteiger partial charge on any atom is -0.347 e. The van der Waals surface area contributed by atoms with E-state index < -0.39 is 0 Å². The van der Waals surface area contributed by atoms with Crippen LogP contribution in [-0.2, 0) is 0 Å². The highest BCUT2D eigenvalue weighted by atomic mass is 15.3. The van der Waals surface area contributed by atoms with E-state index in [0.29, 0.717) is 17.8 Å². The summed E-state index contributed by atoms with van der Waals surface area (Å²) in [5.74, 6) is 1.41. The number of hydrogen-bond acceptors (Lipinski definition) is 7. The predicted octanol–water partition coefficient (Wildman–Crippen LogP) is 4.75. The van der Waals surface area contributed by atoms with Crippen LogP contribution in [0.1, 0.15) is 18.9 Å². The molecule has 0 saturated heterocycles. The van der Waals surface area contributed by atoms with Gasteiger partial charge < -0.3 is 16.0 Å². The molecule has 29 heavy (non-hydrogen) atoms. The largest absolute Gasteiger partial charge is 0.347 e. The van der Waals surface area contributed by atoms with E-state index in [1.54, 1.807) is 12.4 Å². The van der Waals surface area contributed by atoms with E-state index in [2.05, 4.69) is 61.0 Å². The molecular formula is C22H23N7. The SMILES string of the molecule is CC1=CC(Nc2nc(Nc3cccnc3)nc(Nc3cccc(C)c3)n2)CC=C1. The Morgan fingerprint density at radius 2 is 1.66 bits per heavy atom. The quantitative estimate of drug-likeness (QED) is 0.564. The standard InChI is InChI=1S/C22H23N7/c1-15-6-3-8-17(12-15)24-20-27-21(25-18-9-4-7-16(2)13-18)29-22(28-20)26-19-10-5-11-23-14-19/h3-8,10-14,18H,9H2,1-2H3,(H3,24,25,26,27,28,29). The summed E-state index contributed by atoms with van der Waals surface area (Å²) in [6, 6.07) is 12.0. The van der Waals surface area contributed by atoms with Gasteiger partial charge in [0.1, 0.15) is 0 Å². The van der Waals surface area contributed by atoms with Crippen molar-refractivity contribution in [1.82, 2.24) is 19.9 Å². The minimum absolute atomic E-state index is 0.139. The molecule has 7 nitrogen and oxygen atoms in total. The topological polar surface area (TPSA) is 87.7 Å². The molecular weight excluding hydrogens is 362 g/mol. The molecule has 1 aliphatic carbocycles. The van der Waals surface area contributed by atoms with Gasteiger partial charge in [-0.05, 0) is 50.1 Å². The zero-order valence-electron chi connectivity index (χ0n) is 16.4. The second-order valence-electron chi connectivity index (χ2n) is 6.97. The van der Waals surface area contributed by atoms with Gasteiger partial charge in [0.25, 0.3) is 0 Å². The monoisotopic (exact) mass is 385 g/mol. The van der Waals surface area contributed by atoms with Gasteiger partial charge in [-0.2, -0.15) is 15.0 Å². The molecule has 3 aromatic rings. The van der Waals surface area contributed by atoms with Gasteiger partial charge in [0.2, 0.25) is 17.8 Å². The maximum absolute atomic E-state index is 4.57. The maximum Gasteiger partial charge on any atom is 0.233 e. The third-order valence-corrected chi connectivity index (χ3v) is 4.38. The van der Waals surface area contributed by atoms with Crippen LogP contribution >= 0.6 is 0 Å². The van der Waals surface area contributed by atoms with Crippen molar-refractivity contribution in [2.45, 2.75) is 26.3 Å². The summed E-state index contributed by atoms with van der Waals surface area (Å²) < 4.78 is 0. The Balaban J connectivity index is 1.62. The number of aromatic nitrogens is 4. The third kappa shape index (κ3) is 5.16. The zero-order valence-corrected chi connectivity index (χ0v) is 16.4. The summed E-state index contributed by atoms with van der Waals surface area (Å²) in [7, 11) is 0. The molecule has 1 aromatic carbocycles. The molecule has 3 N–H and O–H groups in total. The van der Waals surface area contributed by atoms with Crippen molar-refractivity contribution < 1.29 is 0 Å². The van der Waals surface area contributed by atoms with Gasteiger partial charge in [0.05, 0.1) is 17.9 Å². The van der Waals surface area contributed by atoms with Gasteiger partial charge in [0, 0.05) is 11.9 Å². The average Bonchev–Trinajstić information content (AvgIpc) is 2.69. The highest BCUT2D eigenvalue weighted by Crippen LogP contribution is 2.20. The molecule has 1 atom stereocenters. The second-order valence-corrected chi connectivity index (χ2v) is 6.97. The highest BCUT2D eigenvalue weighted by Gasteiger charge is 2.13. The smallest absolute Gasteiger partial charge is 0.233 e. The Hall–Kier alpha value is -3.74. The molecule has 0 aliphatic heterocycles. The molecule has 2 heterocycles. The molecule has 146 valence electrons. The predicted molar refractivity (Wildman–Crippen MR) is 117 cm³/mol. The van der Waals surface area contributed by atoms with Crippen LogP contribution in [0.2, 0.25) is 0 Å². The lowest BCUT2D eigenvalue weighted by Gasteiger charge is -2.18. The molecule has 0 fully saturated rings. The van der Waals surface area contributed by atoms with Gasteiger partial charge in [-0.15, -0.1) is 0 Å². The van der Waals surface area contributed by atoms with Gasteiger partial charge in [-0.25, -0.2) is 0 Å². The first-order valence-corrected chi connectivity index (χ1v) is 9.52. The van der Waals surface area contributed by atoms with E-state index in [-0.39, 0.29) is 6.04 Å². The Morgan fingerprint density at radius 1 is 0.897 bits per heavy atom. The molecule has 0 amide bonds. The van der Waals surface area contributed by atoms with E-state index in [9.17, 15) is 0 Å². The Morgan fingerprint density at radius 3 is 2.38 bits per heavy atom. The maximum atomic E-state index is 4.57. The number of nitrogens with zero attached hydrogens (tertiary/aromatic N) is 4. The van der Waals surface area contributed by atoms with Crippen molar-refractivity contribution in [3.8, 4) is 0 Å². The fraction of sp³-hybridized carbons (Fsp3) is 0.182. The highest BCUT2D eigenvalue weighted by molar-refractivity contribution is 5.59. The molecule has 1 aliphatic rings. The number of anilines is 5. The molecule has 2 aromatic heterocycles. The van der Waals surface area contributed by atoms with E-state index >= 15 is 0 Å². The summed E-state index contributed by atoms with van der Waals surface area (Å²) >= 11 is 0. The molecule has 0 radical (unpaired) electrons. The molecule has 1 unspecified atom stereocenters. The summed E-state index contributed by atoms with van der Waals surface area (Å²) in [6.45, 7) is 4.13. The lowest BCUT2D eigenvalue weighted by molar-refractivity contribution is 0.850. The van der Waals surface area contributed by atoms with Crippen LogP contribution < -0.4 is 16.0 Å². The van der Waals surface area contributed by atoms with Crippen molar-refractivity contribution in [1.29, 1.82) is 0 Å². The van der Waals surface area contributed by atoms with Crippen molar-refractivity contribution in [3.05, 3.63) is 78.2 Å². The lowest BCUT2D eigenvalue weighted by Crippen LogP contribution is -2.20. The number of hydrogen-bond donors (Lipinski definition) is 3. The van der Waals surface area contributed by atoms with E-state index in [4.69, 9.17) is 0 Å². The Bertz CT molecular complexity index is 1040. The first-order chi connectivity index (χ1) is 14.1. The second kappa shape index (κ2) is 8.52. The summed E-state index contributed by atoms with van der Waals surface area (Å²) in [5.41, 5.74) is 4.11. The number of rotatable bonds is 6. The van der Waals surface area contributed by atoms with Gasteiger partial charge in [0.15, 0.2) is 0 Å². The van der Waals surface area contributed by atoms with E-state index in [0.717, 1.165) is 23.4 Å². The van der Waals surface area contributed by atoms with E-state index in [1.807, 2.05) is 43.3 Å². The minimum atomic E-state index is 0.139. The van der Waals surface area contributed by atoms with Crippen LogP contribution in [0.4, 0.5) is 29.2 Å². The lowest BCUT2D eigenvalue weighted by atomic mass is 10.0. The van der Waals surface area contributed by atoms with Gasteiger partial charge >= 0.3 is 0 Å². The van der Waals surface area contributed by atoms with Gasteiger partial charge in [-0.1, -0.05) is 35.9 Å². The molecule has 0 bridgehead atoms. The summed E-state index contributed by atoms with van der Waals surface area (Å²) in [6.07, 6.45) is 10.8. The zero-order chi connectivity index (χ0) is 20.1. The number of pyridine rings is 1. The summed E-state index contributed by atoms with van der Waals surface area (Å²) in [5, 5.41) is 9.85. The Kier molecular flexibility index (Phi) is 5.47. The number of allylic oxidation sites excluding steroid dienone is 2. The Labute approximate surface area is 170 Å². The van der Waals surface area contributed by atoms with Crippen LogP contribution in [0.25, 0.3) is 0 Å². The number of aryl methyl sites for hydroxylation is 1. The average molecular weight is 385 g/mol. The van der Waals surface area contributed by atoms with Crippen molar-refractivity contribution in [2.75, 3.05) is 16.0 Å². The van der Waals surface area contributed by atoms with Crippen LogP contribution in [0.3, 0.4) is 0 Å². The molecule has 0 saturated carbocycles. The first kappa shape index (κ1) is 18.6. The number of benzene rings is 1. The normalized spacial score (nSPS) is 15.5. The van der Waals surface area contributed by atoms with E-state index in [1.165, 1.54) is 5.57 Å². The first-order valence-electron chi connectivity index (χ1n) is 9.52. The number of nitrogens with one attached hydrogen (secondary N) is 3. The molecule has 7 heteroatoms. The van der Waals surface area contributed by atoms with Crippen LogP contribution in [0.15, 0.2) is 72.6 Å². The van der Waals surface area contributed by atoms with Crippen molar-refractivity contribution in [2.24, 2.45) is 0 Å². The fourth-order valence-corrected chi connectivity index (χ4v) is 3.08.